The van der Waals surface area contributed by atoms with Gasteiger partial charge in [0.25, 0.3) is 5.69 Å². The van der Waals surface area contributed by atoms with Gasteiger partial charge in [-0.25, -0.2) is 0 Å². The summed E-state index contributed by atoms with van der Waals surface area (Å²) in [6.07, 6.45) is 0. The molecule has 0 aromatic heterocycles. The van der Waals surface area contributed by atoms with E-state index in [1.807, 2.05) is 0 Å². The van der Waals surface area contributed by atoms with Crippen molar-refractivity contribution in [1.29, 1.82) is 0 Å². The van der Waals surface area contributed by atoms with Gasteiger partial charge in [0.15, 0.2) is 0 Å². The molecule has 0 amide bonds. The fourth-order valence-electron chi connectivity index (χ4n) is 1.27. The molecule has 1 rings (SSSR count). The molecule has 0 fully saturated rings. The Labute approximate surface area is 92.1 Å². The van der Waals surface area contributed by atoms with E-state index in [2.05, 4.69) is 5.32 Å². The molecule has 0 aliphatic rings. The topological polar surface area (TPSA) is 64.4 Å². The molecule has 0 bridgehead atoms. The van der Waals surface area contributed by atoms with Crippen molar-refractivity contribution in [2.45, 2.75) is 6.61 Å². The number of hydrogen-bond acceptors (Lipinski definition) is 4. The van der Waals surface area contributed by atoms with E-state index in [1.165, 1.54) is 13.2 Å². The zero-order valence-corrected chi connectivity index (χ0v) is 9.17. The van der Waals surface area contributed by atoms with Gasteiger partial charge in [0.05, 0.1) is 16.6 Å². The van der Waals surface area contributed by atoms with Crippen molar-refractivity contribution in [2.24, 2.45) is 0 Å². The number of nitrogens with zero attached hydrogens (tertiary/aromatic N) is 1. The molecule has 5 nitrogen and oxygen atoms in total. The van der Waals surface area contributed by atoms with Crippen molar-refractivity contribution >= 4 is 23.0 Å². The summed E-state index contributed by atoms with van der Waals surface area (Å²) in [6.45, 7) is 0.325. The maximum Gasteiger partial charge on any atom is 0.293 e. The molecule has 0 radical (unpaired) electrons. The lowest BCUT2D eigenvalue weighted by atomic mass is 10.2. The van der Waals surface area contributed by atoms with Crippen LogP contribution < -0.4 is 5.32 Å². The summed E-state index contributed by atoms with van der Waals surface area (Å²) in [7, 11) is 3.13. The molecule has 0 aliphatic carbocycles. The number of nitro benzene ring substituents is 1. The molecule has 1 aromatic rings. The molecule has 6 heteroatoms. The summed E-state index contributed by atoms with van der Waals surface area (Å²) >= 11 is 5.99. The molecule has 0 saturated heterocycles. The quantitative estimate of drug-likeness (QED) is 0.637. The van der Waals surface area contributed by atoms with Crippen LogP contribution in [0.5, 0.6) is 0 Å². The van der Waals surface area contributed by atoms with Gasteiger partial charge in [-0.1, -0.05) is 11.6 Å². The second-order valence-electron chi connectivity index (χ2n) is 2.87. The van der Waals surface area contributed by atoms with Crippen LogP contribution in [0.4, 0.5) is 11.4 Å². The number of halogens is 1. The Morgan fingerprint density at radius 2 is 2.27 bits per heavy atom. The fraction of sp³-hybridized carbons (Fsp3) is 0.333. The maximum atomic E-state index is 10.7. The van der Waals surface area contributed by atoms with Gasteiger partial charge in [-0.3, -0.25) is 10.1 Å². The van der Waals surface area contributed by atoms with Crippen LogP contribution in [0.25, 0.3) is 0 Å². The molecule has 0 spiro atoms. The first-order valence-corrected chi connectivity index (χ1v) is 4.62. The van der Waals surface area contributed by atoms with Crippen molar-refractivity contribution in [1.82, 2.24) is 0 Å². The highest BCUT2D eigenvalue weighted by molar-refractivity contribution is 6.34. The Hall–Kier alpha value is -1.33. The highest BCUT2D eigenvalue weighted by Gasteiger charge is 2.18. The second-order valence-corrected chi connectivity index (χ2v) is 3.25. The predicted molar refractivity (Wildman–Crippen MR) is 58.4 cm³/mol. The van der Waals surface area contributed by atoms with Gasteiger partial charge in [0.1, 0.15) is 5.69 Å². The summed E-state index contributed by atoms with van der Waals surface area (Å²) in [5, 5.41) is 13.7. The van der Waals surface area contributed by atoms with Crippen molar-refractivity contribution in [3.8, 4) is 0 Å². The van der Waals surface area contributed by atoms with Crippen molar-refractivity contribution in [3.05, 3.63) is 32.8 Å². The van der Waals surface area contributed by atoms with E-state index in [9.17, 15) is 10.1 Å². The summed E-state index contributed by atoms with van der Waals surface area (Å²) in [6, 6.07) is 3.00. The maximum absolute atomic E-state index is 10.7. The van der Waals surface area contributed by atoms with Crippen molar-refractivity contribution < 1.29 is 9.66 Å². The van der Waals surface area contributed by atoms with Crippen LogP contribution in [0, 0.1) is 10.1 Å². The Morgan fingerprint density at radius 1 is 1.60 bits per heavy atom. The minimum absolute atomic E-state index is 0.0395. The second kappa shape index (κ2) is 4.95. The Bertz CT molecular complexity index is 382. The zero-order valence-electron chi connectivity index (χ0n) is 8.41. The number of benzene rings is 1. The molecule has 1 N–H and O–H groups in total. The van der Waals surface area contributed by atoms with E-state index in [-0.39, 0.29) is 5.69 Å². The fourth-order valence-corrected chi connectivity index (χ4v) is 1.57. The third-order valence-electron chi connectivity index (χ3n) is 1.95. The molecule has 0 atom stereocenters. The summed E-state index contributed by atoms with van der Waals surface area (Å²) in [4.78, 5) is 10.2. The van der Waals surface area contributed by atoms with E-state index in [1.54, 1.807) is 13.1 Å². The number of nitro groups is 1. The molecule has 0 unspecified atom stereocenters. The molecule has 0 aliphatic heterocycles. The lowest BCUT2D eigenvalue weighted by molar-refractivity contribution is -0.383. The lowest BCUT2D eigenvalue weighted by Gasteiger charge is -2.08. The van der Waals surface area contributed by atoms with Gasteiger partial charge in [-0.05, 0) is 11.6 Å². The number of ether oxygens (including phenoxy) is 1. The molecular formula is C9H11ClN2O3. The average molecular weight is 231 g/mol. The SMILES string of the molecule is CNc1c([N+](=O)[O-])ccc(COC)c1Cl. The van der Waals surface area contributed by atoms with Crippen LogP contribution in [-0.2, 0) is 11.3 Å². The molecule has 1 aromatic carbocycles. The summed E-state index contributed by atoms with van der Waals surface area (Å²) in [5.74, 6) is 0. The number of rotatable bonds is 4. The van der Waals surface area contributed by atoms with E-state index < -0.39 is 4.92 Å². The largest absolute Gasteiger partial charge is 0.381 e. The highest BCUT2D eigenvalue weighted by atomic mass is 35.5. The third kappa shape index (κ3) is 2.37. The van der Waals surface area contributed by atoms with Gasteiger partial charge in [0.2, 0.25) is 0 Å². The van der Waals surface area contributed by atoms with Crippen LogP contribution in [0.3, 0.4) is 0 Å². The molecule has 0 saturated carbocycles. The molecule has 82 valence electrons. The standard InChI is InChI=1S/C9H11ClN2O3/c1-11-9-7(12(13)14)4-3-6(5-15-2)8(9)10/h3-4,11H,5H2,1-2H3. The number of methoxy groups -OCH3 is 1. The van der Waals surface area contributed by atoms with Gasteiger partial charge in [0, 0.05) is 20.2 Å². The number of anilines is 1. The van der Waals surface area contributed by atoms with Gasteiger partial charge >= 0.3 is 0 Å². The molecule has 15 heavy (non-hydrogen) atoms. The first kappa shape index (κ1) is 11.7. The Balaban J connectivity index is 3.26. The van der Waals surface area contributed by atoms with Gasteiger partial charge < -0.3 is 10.1 Å². The first-order chi connectivity index (χ1) is 7.11. The van der Waals surface area contributed by atoms with E-state index in [4.69, 9.17) is 16.3 Å². The smallest absolute Gasteiger partial charge is 0.293 e. The van der Waals surface area contributed by atoms with Gasteiger partial charge in [-0.15, -0.1) is 0 Å². The Kier molecular flexibility index (Phi) is 3.88. The van der Waals surface area contributed by atoms with Crippen LogP contribution in [0.1, 0.15) is 5.56 Å². The highest BCUT2D eigenvalue weighted by Crippen LogP contribution is 2.34. The van der Waals surface area contributed by atoms with Crippen molar-refractivity contribution in [2.75, 3.05) is 19.5 Å². The van der Waals surface area contributed by atoms with Gasteiger partial charge in [-0.2, -0.15) is 0 Å². The minimum Gasteiger partial charge on any atom is -0.381 e. The van der Waals surface area contributed by atoms with Crippen LogP contribution in [-0.4, -0.2) is 19.1 Å². The van der Waals surface area contributed by atoms with Crippen LogP contribution in [0.15, 0.2) is 12.1 Å². The normalized spacial score (nSPS) is 10.1. The first-order valence-electron chi connectivity index (χ1n) is 4.24. The van der Waals surface area contributed by atoms with E-state index in [0.29, 0.717) is 22.9 Å². The number of nitrogens with one attached hydrogen (secondary N) is 1. The average Bonchev–Trinajstić information content (AvgIpc) is 2.20. The zero-order chi connectivity index (χ0) is 11.4. The lowest BCUT2D eigenvalue weighted by Crippen LogP contribution is -2.00. The van der Waals surface area contributed by atoms with E-state index in [0.717, 1.165) is 0 Å². The summed E-state index contributed by atoms with van der Waals surface area (Å²) in [5.41, 5.74) is 0.993. The molecular weight excluding hydrogens is 220 g/mol. The predicted octanol–water partition coefficient (Wildman–Crippen LogP) is 2.44. The number of hydrogen-bond donors (Lipinski definition) is 1. The summed E-state index contributed by atoms with van der Waals surface area (Å²) < 4.78 is 4.93. The third-order valence-corrected chi connectivity index (χ3v) is 2.38. The van der Waals surface area contributed by atoms with Crippen LogP contribution >= 0.6 is 11.6 Å². The van der Waals surface area contributed by atoms with Crippen molar-refractivity contribution in [3.63, 3.8) is 0 Å². The molecule has 0 heterocycles. The monoisotopic (exact) mass is 230 g/mol. The Morgan fingerprint density at radius 3 is 2.73 bits per heavy atom. The van der Waals surface area contributed by atoms with E-state index >= 15 is 0 Å². The minimum atomic E-state index is -0.478. The van der Waals surface area contributed by atoms with Crippen LogP contribution in [0.2, 0.25) is 5.02 Å².